The number of hydrogen-bond acceptors (Lipinski definition) is 2. The molecule has 0 spiro atoms. The first-order valence-electron chi connectivity index (χ1n) is 6.12. The summed E-state index contributed by atoms with van der Waals surface area (Å²) in [5.41, 5.74) is 1.82. The van der Waals surface area contributed by atoms with Crippen molar-refractivity contribution < 1.29 is 9.53 Å². The normalized spacial score (nSPS) is 14.6. The molecule has 2 rings (SSSR count). The van der Waals surface area contributed by atoms with Gasteiger partial charge in [-0.2, -0.15) is 0 Å². The molecule has 92 valence electrons. The van der Waals surface area contributed by atoms with Gasteiger partial charge in [0.25, 0.3) is 0 Å². The van der Waals surface area contributed by atoms with Crippen LogP contribution in [0.25, 0.3) is 0 Å². The minimum absolute atomic E-state index is 0.234. The predicted octanol–water partition coefficient (Wildman–Crippen LogP) is 3.37. The van der Waals surface area contributed by atoms with E-state index in [1.165, 1.54) is 5.56 Å². The molecule has 3 nitrogen and oxygen atoms in total. The van der Waals surface area contributed by atoms with E-state index in [1.54, 1.807) is 4.90 Å². The lowest BCUT2D eigenvalue weighted by Gasteiger charge is -2.27. The van der Waals surface area contributed by atoms with E-state index in [2.05, 4.69) is 6.07 Å². The molecule has 0 unspecified atom stereocenters. The van der Waals surface area contributed by atoms with Gasteiger partial charge < -0.3 is 4.74 Å². The van der Waals surface area contributed by atoms with Gasteiger partial charge in [-0.3, -0.25) is 4.90 Å². The second kappa shape index (κ2) is 4.40. The van der Waals surface area contributed by atoms with Crippen LogP contribution in [0.2, 0.25) is 0 Å². The van der Waals surface area contributed by atoms with Gasteiger partial charge in [-0.1, -0.05) is 25.1 Å². The van der Waals surface area contributed by atoms with Crippen molar-refractivity contribution in [1.29, 1.82) is 0 Å². The summed E-state index contributed by atoms with van der Waals surface area (Å²) in [6.45, 7) is 6.61. The van der Waals surface area contributed by atoms with Gasteiger partial charge in [-0.25, -0.2) is 4.79 Å². The Bertz CT molecular complexity index is 426. The molecule has 0 aromatic heterocycles. The van der Waals surface area contributed by atoms with Gasteiger partial charge >= 0.3 is 6.09 Å². The zero-order valence-corrected chi connectivity index (χ0v) is 10.7. The van der Waals surface area contributed by atoms with Crippen LogP contribution in [0.5, 0.6) is 0 Å². The summed E-state index contributed by atoms with van der Waals surface area (Å²) in [5.74, 6) is 0. The number of para-hydroxylation sites is 1. The molecule has 1 aromatic carbocycles. The van der Waals surface area contributed by atoms with E-state index in [1.807, 2.05) is 39.0 Å². The maximum absolute atomic E-state index is 12.1. The Morgan fingerprint density at radius 2 is 2.12 bits per heavy atom. The first kappa shape index (κ1) is 12.0. The molecular formula is C14H19NO2. The van der Waals surface area contributed by atoms with E-state index >= 15 is 0 Å². The molecule has 1 amide bonds. The van der Waals surface area contributed by atoms with Crippen molar-refractivity contribution in [3.8, 4) is 0 Å². The first-order chi connectivity index (χ1) is 8.03. The third-order valence-corrected chi connectivity index (χ3v) is 3.32. The number of ether oxygens (including phenoxy) is 1. The summed E-state index contributed by atoms with van der Waals surface area (Å²) in [6, 6.07) is 8.00. The Hall–Kier alpha value is -1.51. The smallest absolute Gasteiger partial charge is 0.414 e. The van der Waals surface area contributed by atoms with E-state index in [9.17, 15) is 4.79 Å². The predicted molar refractivity (Wildman–Crippen MR) is 68.3 cm³/mol. The molecule has 1 aliphatic rings. The van der Waals surface area contributed by atoms with Gasteiger partial charge in [-0.05, 0) is 38.3 Å². The van der Waals surface area contributed by atoms with Gasteiger partial charge in [0.15, 0.2) is 0 Å². The molecule has 0 N–H and O–H groups in total. The first-order valence-corrected chi connectivity index (χ1v) is 6.12. The highest BCUT2D eigenvalue weighted by atomic mass is 16.6. The fourth-order valence-corrected chi connectivity index (χ4v) is 1.89. The number of anilines is 1. The lowest BCUT2D eigenvalue weighted by molar-refractivity contribution is 0.0415. The highest BCUT2D eigenvalue weighted by Crippen LogP contribution is 2.29. The van der Waals surface area contributed by atoms with Crippen LogP contribution in [0.4, 0.5) is 10.5 Å². The summed E-state index contributed by atoms with van der Waals surface area (Å²) in [7, 11) is 0. The van der Waals surface area contributed by atoms with Crippen LogP contribution in [-0.2, 0) is 11.2 Å². The van der Waals surface area contributed by atoms with E-state index in [4.69, 9.17) is 4.74 Å². The van der Waals surface area contributed by atoms with Gasteiger partial charge in [0.1, 0.15) is 5.60 Å². The minimum atomic E-state index is -0.394. The number of carbonyl (C=O) groups excluding carboxylic acids is 1. The van der Waals surface area contributed by atoms with Crippen molar-refractivity contribution in [3.63, 3.8) is 0 Å². The zero-order chi connectivity index (χ0) is 12.5. The van der Waals surface area contributed by atoms with Crippen LogP contribution in [0.3, 0.4) is 0 Å². The SMILES string of the molecule is CCC(C)(C)OC(=O)N1CCc2ccccc21. The fraction of sp³-hybridized carbons (Fsp3) is 0.500. The lowest BCUT2D eigenvalue weighted by atomic mass is 10.1. The average molecular weight is 233 g/mol. The number of carbonyl (C=O) groups is 1. The molecular weight excluding hydrogens is 214 g/mol. The lowest BCUT2D eigenvalue weighted by Crippen LogP contribution is -2.36. The molecule has 0 aliphatic carbocycles. The van der Waals surface area contributed by atoms with E-state index < -0.39 is 5.60 Å². The van der Waals surface area contributed by atoms with Gasteiger partial charge in [0, 0.05) is 6.54 Å². The highest BCUT2D eigenvalue weighted by molar-refractivity contribution is 5.90. The molecule has 0 fully saturated rings. The van der Waals surface area contributed by atoms with Crippen molar-refractivity contribution in [3.05, 3.63) is 29.8 Å². The zero-order valence-electron chi connectivity index (χ0n) is 10.7. The molecule has 1 aliphatic heterocycles. The van der Waals surface area contributed by atoms with Crippen LogP contribution in [0.1, 0.15) is 32.8 Å². The summed E-state index contributed by atoms with van der Waals surface area (Å²) in [6.07, 6.45) is 1.49. The number of benzene rings is 1. The number of nitrogens with zero attached hydrogens (tertiary/aromatic N) is 1. The van der Waals surface area contributed by atoms with Gasteiger partial charge in [0.05, 0.1) is 5.69 Å². The van der Waals surface area contributed by atoms with Crippen molar-refractivity contribution in [1.82, 2.24) is 0 Å². The molecule has 0 atom stereocenters. The largest absolute Gasteiger partial charge is 0.443 e. The van der Waals surface area contributed by atoms with E-state index in [-0.39, 0.29) is 6.09 Å². The standard InChI is InChI=1S/C14H19NO2/c1-4-14(2,3)17-13(16)15-10-9-11-7-5-6-8-12(11)15/h5-8H,4,9-10H2,1-3H3. The molecule has 0 saturated heterocycles. The van der Waals surface area contributed by atoms with Crippen molar-refractivity contribution >= 4 is 11.8 Å². The van der Waals surface area contributed by atoms with Crippen molar-refractivity contribution in [2.75, 3.05) is 11.4 Å². The quantitative estimate of drug-likeness (QED) is 0.783. The number of amides is 1. The van der Waals surface area contributed by atoms with Crippen LogP contribution in [0, 0.1) is 0 Å². The Kier molecular flexibility index (Phi) is 3.09. The number of rotatable bonds is 2. The Morgan fingerprint density at radius 1 is 1.41 bits per heavy atom. The van der Waals surface area contributed by atoms with E-state index in [0.29, 0.717) is 0 Å². The maximum Gasteiger partial charge on any atom is 0.414 e. The molecule has 0 bridgehead atoms. The minimum Gasteiger partial charge on any atom is -0.443 e. The van der Waals surface area contributed by atoms with E-state index in [0.717, 1.165) is 25.1 Å². The van der Waals surface area contributed by atoms with Crippen LogP contribution in [-0.4, -0.2) is 18.2 Å². The molecule has 0 radical (unpaired) electrons. The molecule has 1 aromatic rings. The molecule has 17 heavy (non-hydrogen) atoms. The summed E-state index contributed by atoms with van der Waals surface area (Å²) >= 11 is 0. The van der Waals surface area contributed by atoms with Crippen LogP contribution >= 0.6 is 0 Å². The maximum atomic E-state index is 12.1. The van der Waals surface area contributed by atoms with Crippen LogP contribution < -0.4 is 4.90 Å². The highest BCUT2D eigenvalue weighted by Gasteiger charge is 2.29. The molecule has 0 saturated carbocycles. The summed E-state index contributed by atoms with van der Waals surface area (Å²) < 4.78 is 5.51. The average Bonchev–Trinajstić information content (AvgIpc) is 2.72. The third kappa shape index (κ3) is 2.43. The van der Waals surface area contributed by atoms with Gasteiger partial charge in [-0.15, -0.1) is 0 Å². The fourth-order valence-electron chi connectivity index (χ4n) is 1.89. The molecule has 1 heterocycles. The third-order valence-electron chi connectivity index (χ3n) is 3.32. The number of hydrogen-bond donors (Lipinski definition) is 0. The second-order valence-electron chi connectivity index (χ2n) is 5.01. The van der Waals surface area contributed by atoms with Gasteiger partial charge in [0.2, 0.25) is 0 Å². The van der Waals surface area contributed by atoms with Crippen LogP contribution in [0.15, 0.2) is 24.3 Å². The Morgan fingerprint density at radius 3 is 2.82 bits per heavy atom. The second-order valence-corrected chi connectivity index (χ2v) is 5.01. The Labute approximate surface area is 102 Å². The Balaban J connectivity index is 2.13. The summed E-state index contributed by atoms with van der Waals surface area (Å²) in [5, 5.41) is 0. The summed E-state index contributed by atoms with van der Waals surface area (Å²) in [4.78, 5) is 13.8. The van der Waals surface area contributed by atoms with Crippen molar-refractivity contribution in [2.45, 2.75) is 39.2 Å². The van der Waals surface area contributed by atoms with Crippen molar-refractivity contribution in [2.24, 2.45) is 0 Å². The molecule has 3 heteroatoms. The topological polar surface area (TPSA) is 29.5 Å². The monoisotopic (exact) mass is 233 g/mol. The number of fused-ring (bicyclic) bond motifs is 1.